The number of nitrogens with one attached hydrogen (secondary N) is 2. The number of rotatable bonds is 5. The van der Waals surface area contributed by atoms with Crippen LogP contribution in [0.4, 0.5) is 15.2 Å². The molecule has 0 aliphatic heterocycles. The second-order valence-electron chi connectivity index (χ2n) is 3.53. The van der Waals surface area contributed by atoms with Gasteiger partial charge in [0, 0.05) is 17.6 Å². The van der Waals surface area contributed by atoms with Crippen molar-refractivity contribution in [1.82, 2.24) is 4.98 Å². The van der Waals surface area contributed by atoms with Gasteiger partial charge < -0.3 is 10.6 Å². The average Bonchev–Trinajstić information content (AvgIpc) is 2.77. The fourth-order valence-corrected chi connectivity index (χ4v) is 2.16. The molecule has 0 unspecified atom stereocenters. The number of hydrogen-bond acceptors (Lipinski definition) is 4. The highest BCUT2D eigenvalue weighted by atomic mass is 32.1. The predicted octanol–water partition coefficient (Wildman–Crippen LogP) is 3.33. The monoisotopic (exact) mass is 251 g/mol. The van der Waals surface area contributed by atoms with Crippen LogP contribution in [0.25, 0.3) is 0 Å². The fraction of sp³-hybridized carbons (Fsp3) is 0.250. The molecule has 0 saturated carbocycles. The van der Waals surface area contributed by atoms with Gasteiger partial charge in [0.2, 0.25) is 0 Å². The summed E-state index contributed by atoms with van der Waals surface area (Å²) in [6.07, 6.45) is 0. The lowest BCUT2D eigenvalue weighted by molar-refractivity contribution is 0.628. The van der Waals surface area contributed by atoms with Crippen LogP contribution >= 0.6 is 11.3 Å². The summed E-state index contributed by atoms with van der Waals surface area (Å²) in [4.78, 5) is 4.40. The van der Waals surface area contributed by atoms with E-state index in [1.165, 1.54) is 12.1 Å². The van der Waals surface area contributed by atoms with Crippen LogP contribution in [0.2, 0.25) is 0 Å². The van der Waals surface area contributed by atoms with E-state index >= 15 is 0 Å². The van der Waals surface area contributed by atoms with E-state index in [1.807, 2.05) is 12.3 Å². The van der Waals surface area contributed by atoms with Gasteiger partial charge in [-0.25, -0.2) is 9.37 Å². The molecule has 2 rings (SSSR count). The Kier molecular flexibility index (Phi) is 3.93. The van der Waals surface area contributed by atoms with Crippen LogP contribution in [-0.4, -0.2) is 11.5 Å². The first-order valence-electron chi connectivity index (χ1n) is 5.45. The number of thiazole rings is 1. The van der Waals surface area contributed by atoms with Gasteiger partial charge in [-0.15, -0.1) is 11.3 Å². The minimum Gasteiger partial charge on any atom is -0.379 e. The maximum atomic E-state index is 12.7. The van der Waals surface area contributed by atoms with Crippen molar-refractivity contribution < 1.29 is 4.39 Å². The first kappa shape index (κ1) is 11.9. The molecule has 3 nitrogen and oxygen atoms in total. The molecule has 90 valence electrons. The second kappa shape index (κ2) is 5.63. The van der Waals surface area contributed by atoms with Crippen LogP contribution in [0.3, 0.4) is 0 Å². The molecule has 0 radical (unpaired) electrons. The summed E-state index contributed by atoms with van der Waals surface area (Å²) in [5, 5.41) is 9.30. The first-order chi connectivity index (χ1) is 8.28. The Labute approximate surface area is 104 Å². The molecule has 17 heavy (non-hydrogen) atoms. The Bertz CT molecular complexity index is 467. The van der Waals surface area contributed by atoms with Crippen LogP contribution in [0.5, 0.6) is 0 Å². The normalized spacial score (nSPS) is 10.2. The Morgan fingerprint density at radius 3 is 2.71 bits per heavy atom. The van der Waals surface area contributed by atoms with Crippen LogP contribution in [0.1, 0.15) is 12.6 Å². The third-order valence-corrected chi connectivity index (χ3v) is 3.05. The summed E-state index contributed by atoms with van der Waals surface area (Å²) in [5.74, 6) is -0.223. The van der Waals surface area contributed by atoms with Crippen molar-refractivity contribution in [3.8, 4) is 0 Å². The SMILES string of the molecule is CCNc1nc(CNc2ccc(F)cc2)cs1. The van der Waals surface area contributed by atoms with E-state index in [2.05, 4.69) is 15.6 Å². The van der Waals surface area contributed by atoms with Crippen molar-refractivity contribution in [2.45, 2.75) is 13.5 Å². The van der Waals surface area contributed by atoms with Crippen LogP contribution in [-0.2, 0) is 6.54 Å². The van der Waals surface area contributed by atoms with Gasteiger partial charge in [0.1, 0.15) is 5.82 Å². The van der Waals surface area contributed by atoms with E-state index in [-0.39, 0.29) is 5.82 Å². The lowest BCUT2D eigenvalue weighted by Gasteiger charge is -2.03. The lowest BCUT2D eigenvalue weighted by atomic mass is 10.3. The minimum absolute atomic E-state index is 0.223. The number of anilines is 2. The highest BCUT2D eigenvalue weighted by Crippen LogP contribution is 2.16. The van der Waals surface area contributed by atoms with Crippen LogP contribution < -0.4 is 10.6 Å². The summed E-state index contributed by atoms with van der Waals surface area (Å²) >= 11 is 1.59. The summed E-state index contributed by atoms with van der Waals surface area (Å²) in [5.41, 5.74) is 1.87. The molecule has 0 spiro atoms. The van der Waals surface area contributed by atoms with Gasteiger partial charge in [0.25, 0.3) is 0 Å². The van der Waals surface area contributed by atoms with Gasteiger partial charge in [0.15, 0.2) is 5.13 Å². The van der Waals surface area contributed by atoms with Gasteiger partial charge in [-0.2, -0.15) is 0 Å². The smallest absolute Gasteiger partial charge is 0.182 e. The maximum absolute atomic E-state index is 12.7. The fourth-order valence-electron chi connectivity index (χ4n) is 1.38. The second-order valence-corrected chi connectivity index (χ2v) is 4.39. The van der Waals surface area contributed by atoms with E-state index in [0.29, 0.717) is 6.54 Å². The van der Waals surface area contributed by atoms with Crippen molar-refractivity contribution in [1.29, 1.82) is 0 Å². The average molecular weight is 251 g/mol. The van der Waals surface area contributed by atoms with Crippen LogP contribution in [0.15, 0.2) is 29.6 Å². The van der Waals surface area contributed by atoms with Gasteiger partial charge in [-0.05, 0) is 31.2 Å². The molecular weight excluding hydrogens is 237 g/mol. The third kappa shape index (κ3) is 3.42. The zero-order valence-electron chi connectivity index (χ0n) is 9.53. The molecule has 0 fully saturated rings. The highest BCUT2D eigenvalue weighted by Gasteiger charge is 2.00. The van der Waals surface area contributed by atoms with E-state index in [9.17, 15) is 4.39 Å². The standard InChI is InChI=1S/C12H14FN3S/c1-2-14-12-16-11(8-17-12)7-15-10-5-3-9(13)4-6-10/h3-6,8,15H,2,7H2,1H3,(H,14,16). The minimum atomic E-state index is -0.223. The molecule has 0 atom stereocenters. The Morgan fingerprint density at radius 2 is 2.00 bits per heavy atom. The molecule has 1 aromatic carbocycles. The number of aromatic nitrogens is 1. The van der Waals surface area contributed by atoms with Crippen molar-refractivity contribution in [3.05, 3.63) is 41.2 Å². The molecule has 0 amide bonds. The molecule has 0 aliphatic rings. The van der Waals surface area contributed by atoms with Crippen molar-refractivity contribution in [2.75, 3.05) is 17.2 Å². The zero-order valence-corrected chi connectivity index (χ0v) is 10.4. The van der Waals surface area contributed by atoms with Gasteiger partial charge in [0.05, 0.1) is 12.2 Å². The van der Waals surface area contributed by atoms with E-state index < -0.39 is 0 Å². The summed E-state index contributed by atoms with van der Waals surface area (Å²) in [7, 11) is 0. The quantitative estimate of drug-likeness (QED) is 0.856. The molecule has 2 aromatic rings. The van der Waals surface area contributed by atoms with E-state index in [1.54, 1.807) is 23.5 Å². The Balaban J connectivity index is 1.90. The van der Waals surface area contributed by atoms with E-state index in [4.69, 9.17) is 0 Å². The van der Waals surface area contributed by atoms with E-state index in [0.717, 1.165) is 23.1 Å². The molecular formula is C12H14FN3S. The lowest BCUT2D eigenvalue weighted by Crippen LogP contribution is -2.01. The summed E-state index contributed by atoms with van der Waals surface area (Å²) in [6, 6.07) is 6.31. The number of benzene rings is 1. The number of halogens is 1. The molecule has 1 heterocycles. The van der Waals surface area contributed by atoms with Gasteiger partial charge in [-0.1, -0.05) is 0 Å². The van der Waals surface area contributed by atoms with Crippen molar-refractivity contribution in [2.24, 2.45) is 0 Å². The van der Waals surface area contributed by atoms with Gasteiger partial charge in [-0.3, -0.25) is 0 Å². The number of nitrogens with zero attached hydrogens (tertiary/aromatic N) is 1. The molecule has 1 aromatic heterocycles. The van der Waals surface area contributed by atoms with Crippen molar-refractivity contribution >= 4 is 22.2 Å². The van der Waals surface area contributed by atoms with Gasteiger partial charge >= 0.3 is 0 Å². The molecule has 2 N–H and O–H groups in total. The van der Waals surface area contributed by atoms with Crippen molar-refractivity contribution in [3.63, 3.8) is 0 Å². The maximum Gasteiger partial charge on any atom is 0.182 e. The Hall–Kier alpha value is -1.62. The predicted molar refractivity (Wildman–Crippen MR) is 70.0 cm³/mol. The third-order valence-electron chi connectivity index (χ3n) is 2.20. The Morgan fingerprint density at radius 1 is 1.24 bits per heavy atom. The highest BCUT2D eigenvalue weighted by molar-refractivity contribution is 7.13. The number of hydrogen-bond donors (Lipinski definition) is 2. The molecule has 0 bridgehead atoms. The van der Waals surface area contributed by atoms with Crippen LogP contribution in [0, 0.1) is 5.82 Å². The first-order valence-corrected chi connectivity index (χ1v) is 6.33. The molecule has 5 heteroatoms. The summed E-state index contributed by atoms with van der Waals surface area (Å²) < 4.78 is 12.7. The largest absolute Gasteiger partial charge is 0.379 e. The summed E-state index contributed by atoms with van der Waals surface area (Å²) in [6.45, 7) is 3.56. The topological polar surface area (TPSA) is 37.0 Å². The molecule has 0 aliphatic carbocycles. The zero-order chi connectivity index (χ0) is 12.1. The molecule has 0 saturated heterocycles.